The fourth-order valence-corrected chi connectivity index (χ4v) is 2.61. The van der Waals surface area contributed by atoms with E-state index in [0.717, 1.165) is 47.4 Å². The first-order valence-corrected chi connectivity index (χ1v) is 6.72. The Kier molecular flexibility index (Phi) is 2.55. The zero-order chi connectivity index (χ0) is 13.4. The summed E-state index contributed by atoms with van der Waals surface area (Å²) in [6.45, 7) is 0. The second-order valence-corrected chi connectivity index (χ2v) is 4.84. The van der Waals surface area contributed by atoms with E-state index in [1.165, 1.54) is 0 Å². The Morgan fingerprint density at radius 1 is 1.15 bits per heavy atom. The van der Waals surface area contributed by atoms with Crippen molar-refractivity contribution in [3.63, 3.8) is 0 Å². The van der Waals surface area contributed by atoms with Crippen LogP contribution in [0.2, 0.25) is 0 Å². The van der Waals surface area contributed by atoms with E-state index in [-0.39, 0.29) is 0 Å². The van der Waals surface area contributed by atoms with Crippen LogP contribution in [0, 0.1) is 0 Å². The summed E-state index contributed by atoms with van der Waals surface area (Å²) in [5.74, 6) is 0. The third-order valence-electron chi connectivity index (χ3n) is 3.58. The fourth-order valence-electron chi connectivity index (χ4n) is 2.61. The minimum absolute atomic E-state index is 0.854. The van der Waals surface area contributed by atoms with Gasteiger partial charge in [-0.3, -0.25) is 0 Å². The highest BCUT2D eigenvalue weighted by Crippen LogP contribution is 2.28. The van der Waals surface area contributed by atoms with E-state index in [1.807, 2.05) is 24.5 Å². The van der Waals surface area contributed by atoms with Crippen LogP contribution >= 0.6 is 0 Å². The van der Waals surface area contributed by atoms with Crippen molar-refractivity contribution in [3.8, 4) is 0 Å². The first-order valence-electron chi connectivity index (χ1n) is 6.72. The molecule has 0 atom stereocenters. The van der Waals surface area contributed by atoms with Gasteiger partial charge in [-0.25, -0.2) is 19.5 Å². The average molecular weight is 263 g/mol. The van der Waals surface area contributed by atoms with Gasteiger partial charge in [0.15, 0.2) is 5.65 Å². The second kappa shape index (κ2) is 4.52. The van der Waals surface area contributed by atoms with E-state index in [2.05, 4.69) is 26.1 Å². The number of hydrogen-bond acceptors (Lipinski definition) is 4. The van der Waals surface area contributed by atoms with Crippen LogP contribution in [0.25, 0.3) is 11.2 Å². The first-order chi connectivity index (χ1) is 9.92. The summed E-state index contributed by atoms with van der Waals surface area (Å²) in [5.41, 5.74) is 5.11. The Balaban J connectivity index is 1.90. The van der Waals surface area contributed by atoms with Gasteiger partial charge >= 0.3 is 0 Å². The number of rotatable bonds is 1. The van der Waals surface area contributed by atoms with Crippen molar-refractivity contribution in [1.29, 1.82) is 0 Å². The van der Waals surface area contributed by atoms with Crippen molar-refractivity contribution in [2.45, 2.75) is 19.3 Å². The molecule has 0 amide bonds. The summed E-state index contributed by atoms with van der Waals surface area (Å²) in [6.07, 6.45) is 12.5. The molecule has 0 N–H and O–H groups in total. The lowest BCUT2D eigenvalue weighted by Crippen LogP contribution is -2.01. The van der Waals surface area contributed by atoms with Gasteiger partial charge in [0.2, 0.25) is 0 Å². The van der Waals surface area contributed by atoms with Crippen molar-refractivity contribution < 1.29 is 0 Å². The van der Waals surface area contributed by atoms with Crippen LogP contribution < -0.4 is 0 Å². The van der Waals surface area contributed by atoms with E-state index < -0.39 is 0 Å². The normalized spacial score (nSPS) is 14.7. The molecular weight excluding hydrogens is 250 g/mol. The highest BCUT2D eigenvalue weighted by atomic mass is 15.2. The van der Waals surface area contributed by atoms with E-state index in [1.54, 1.807) is 17.0 Å². The van der Waals surface area contributed by atoms with Crippen LogP contribution in [0.4, 0.5) is 0 Å². The molecule has 5 heteroatoms. The Labute approximate surface area is 116 Å². The zero-order valence-corrected chi connectivity index (χ0v) is 10.9. The predicted molar refractivity (Wildman–Crippen MR) is 75.0 cm³/mol. The summed E-state index contributed by atoms with van der Waals surface area (Å²) in [6, 6.07) is 3.99. The lowest BCUT2D eigenvalue weighted by molar-refractivity contribution is 0.821. The Morgan fingerprint density at radius 3 is 3.15 bits per heavy atom. The van der Waals surface area contributed by atoms with Crippen molar-refractivity contribution in [2.75, 3.05) is 0 Å². The molecule has 0 unspecified atom stereocenters. The SMILES string of the molecule is C1=C(c2ccc3nccn3n2)c2cncnc2CCC1. The Morgan fingerprint density at radius 2 is 2.15 bits per heavy atom. The van der Waals surface area contributed by atoms with Crippen LogP contribution in [0.15, 0.2) is 43.1 Å². The van der Waals surface area contributed by atoms with Gasteiger partial charge in [-0.05, 0) is 31.4 Å². The summed E-state index contributed by atoms with van der Waals surface area (Å²) < 4.78 is 1.80. The van der Waals surface area contributed by atoms with Gasteiger partial charge in [-0.15, -0.1) is 0 Å². The van der Waals surface area contributed by atoms with Gasteiger partial charge in [-0.2, -0.15) is 5.10 Å². The third kappa shape index (κ3) is 1.79. The Bertz CT molecular complexity index is 803. The molecule has 3 heterocycles. The van der Waals surface area contributed by atoms with E-state index in [9.17, 15) is 0 Å². The monoisotopic (exact) mass is 263 g/mol. The molecule has 0 saturated carbocycles. The number of nitrogens with zero attached hydrogens (tertiary/aromatic N) is 5. The number of aryl methyl sites for hydroxylation is 1. The standard InChI is InChI=1S/C15H13N5/c1-2-4-13-12(9-16-10-18-13)11(3-1)14-5-6-15-17-7-8-20(15)19-14/h3,5-10H,1-2,4H2. The molecule has 20 heavy (non-hydrogen) atoms. The lowest BCUT2D eigenvalue weighted by atomic mass is 10.0. The summed E-state index contributed by atoms with van der Waals surface area (Å²) >= 11 is 0. The van der Waals surface area contributed by atoms with E-state index >= 15 is 0 Å². The van der Waals surface area contributed by atoms with Crippen LogP contribution in [-0.2, 0) is 6.42 Å². The maximum atomic E-state index is 4.63. The van der Waals surface area contributed by atoms with Gasteiger partial charge in [0, 0.05) is 29.7 Å². The quantitative estimate of drug-likeness (QED) is 0.676. The molecular formula is C15H13N5. The Hall–Kier alpha value is -2.56. The number of allylic oxidation sites excluding steroid dienone is 1. The molecule has 0 aromatic carbocycles. The van der Waals surface area contributed by atoms with Gasteiger partial charge in [0.05, 0.1) is 11.4 Å². The van der Waals surface area contributed by atoms with Crippen LogP contribution in [-0.4, -0.2) is 24.6 Å². The molecule has 4 rings (SSSR count). The number of imidazole rings is 1. The van der Waals surface area contributed by atoms with Crippen molar-refractivity contribution >= 4 is 11.2 Å². The largest absolute Gasteiger partial charge is 0.244 e. The van der Waals surface area contributed by atoms with Crippen LogP contribution in [0.1, 0.15) is 29.8 Å². The summed E-state index contributed by atoms with van der Waals surface area (Å²) in [7, 11) is 0. The van der Waals surface area contributed by atoms with E-state index in [0.29, 0.717) is 0 Å². The molecule has 3 aromatic heterocycles. The second-order valence-electron chi connectivity index (χ2n) is 4.84. The highest BCUT2D eigenvalue weighted by molar-refractivity contribution is 5.79. The molecule has 0 aliphatic heterocycles. The van der Waals surface area contributed by atoms with Gasteiger partial charge in [0.1, 0.15) is 6.33 Å². The van der Waals surface area contributed by atoms with Gasteiger partial charge in [-0.1, -0.05) is 6.08 Å². The minimum Gasteiger partial charge on any atom is -0.244 e. The fraction of sp³-hybridized carbons (Fsp3) is 0.200. The maximum Gasteiger partial charge on any atom is 0.153 e. The number of fused-ring (bicyclic) bond motifs is 2. The van der Waals surface area contributed by atoms with Crippen molar-refractivity contribution in [2.24, 2.45) is 0 Å². The first kappa shape index (κ1) is 11.3. The zero-order valence-electron chi connectivity index (χ0n) is 10.9. The molecule has 0 radical (unpaired) electrons. The molecule has 0 fully saturated rings. The molecule has 0 spiro atoms. The number of aromatic nitrogens is 5. The molecule has 3 aromatic rings. The highest BCUT2D eigenvalue weighted by Gasteiger charge is 2.15. The smallest absolute Gasteiger partial charge is 0.153 e. The molecule has 1 aliphatic rings. The molecule has 98 valence electrons. The van der Waals surface area contributed by atoms with Crippen molar-refractivity contribution in [3.05, 3.63) is 60.1 Å². The average Bonchev–Trinajstić information content (AvgIpc) is 2.85. The van der Waals surface area contributed by atoms with Crippen LogP contribution in [0.3, 0.4) is 0 Å². The summed E-state index contributed by atoms with van der Waals surface area (Å²) in [4.78, 5) is 12.8. The van der Waals surface area contributed by atoms with Crippen molar-refractivity contribution in [1.82, 2.24) is 24.6 Å². The molecule has 5 nitrogen and oxygen atoms in total. The third-order valence-corrected chi connectivity index (χ3v) is 3.58. The predicted octanol–water partition coefficient (Wildman–Crippen LogP) is 2.29. The topological polar surface area (TPSA) is 56.0 Å². The maximum absolute atomic E-state index is 4.63. The lowest BCUT2D eigenvalue weighted by Gasteiger charge is -2.08. The molecule has 1 aliphatic carbocycles. The molecule has 0 saturated heterocycles. The van der Waals surface area contributed by atoms with Gasteiger partial charge in [0.25, 0.3) is 0 Å². The van der Waals surface area contributed by atoms with Crippen LogP contribution in [0.5, 0.6) is 0 Å². The minimum atomic E-state index is 0.854. The summed E-state index contributed by atoms with van der Waals surface area (Å²) in [5, 5.41) is 4.63. The van der Waals surface area contributed by atoms with E-state index in [4.69, 9.17) is 0 Å². The number of hydrogen-bond donors (Lipinski definition) is 0. The molecule has 0 bridgehead atoms. The van der Waals surface area contributed by atoms with Gasteiger partial charge < -0.3 is 0 Å².